The van der Waals surface area contributed by atoms with E-state index in [0.29, 0.717) is 22.1 Å². The molecule has 0 saturated heterocycles. The second-order valence-corrected chi connectivity index (χ2v) is 3.48. The Bertz CT molecular complexity index is 794. The molecule has 0 heterocycles. The van der Waals surface area contributed by atoms with Gasteiger partial charge in [-0.15, -0.1) is 0 Å². The van der Waals surface area contributed by atoms with Crippen molar-refractivity contribution in [2.45, 2.75) is 0 Å². The SMILES string of the molecule is O=C=Nc1cc(N=C=O)c2cc(N=C=O)ccc2c1. The summed E-state index contributed by atoms with van der Waals surface area (Å²) in [6, 6.07) is 7.89. The van der Waals surface area contributed by atoms with Crippen molar-refractivity contribution >= 4 is 46.1 Å². The highest BCUT2D eigenvalue weighted by Gasteiger charge is 2.05. The van der Waals surface area contributed by atoms with Crippen LogP contribution in [0.4, 0.5) is 17.1 Å². The lowest BCUT2D eigenvalue weighted by Crippen LogP contribution is -1.76. The Balaban J connectivity index is 2.81. The van der Waals surface area contributed by atoms with E-state index in [-0.39, 0.29) is 5.69 Å². The highest BCUT2D eigenvalue weighted by molar-refractivity contribution is 5.97. The van der Waals surface area contributed by atoms with Gasteiger partial charge in [0.15, 0.2) is 0 Å². The number of hydrogen-bond acceptors (Lipinski definition) is 6. The first-order chi connectivity index (χ1) is 9.28. The zero-order chi connectivity index (χ0) is 13.7. The molecule has 0 aromatic heterocycles. The molecule has 2 aromatic rings. The fourth-order valence-corrected chi connectivity index (χ4v) is 1.69. The lowest BCUT2D eigenvalue weighted by Gasteiger charge is -2.03. The number of rotatable bonds is 3. The first kappa shape index (κ1) is 12.3. The molecule has 0 radical (unpaired) electrons. The summed E-state index contributed by atoms with van der Waals surface area (Å²) < 4.78 is 0. The van der Waals surface area contributed by atoms with Gasteiger partial charge in [0.05, 0.1) is 17.1 Å². The minimum absolute atomic E-state index is 0.282. The van der Waals surface area contributed by atoms with Crippen LogP contribution in [0.25, 0.3) is 10.8 Å². The van der Waals surface area contributed by atoms with Crippen LogP contribution in [0.5, 0.6) is 0 Å². The predicted octanol–water partition coefficient (Wildman–Crippen LogP) is 2.74. The molecule has 0 amide bonds. The molecule has 0 atom stereocenters. The lowest BCUT2D eigenvalue weighted by atomic mass is 10.1. The molecular weight excluding hydrogens is 246 g/mol. The molecule has 6 heteroatoms. The van der Waals surface area contributed by atoms with Crippen molar-refractivity contribution in [1.29, 1.82) is 0 Å². The molecule has 0 aliphatic heterocycles. The summed E-state index contributed by atoms with van der Waals surface area (Å²) in [4.78, 5) is 41.4. The van der Waals surface area contributed by atoms with Gasteiger partial charge in [0.2, 0.25) is 18.2 Å². The minimum atomic E-state index is 0.282. The van der Waals surface area contributed by atoms with E-state index in [1.165, 1.54) is 24.3 Å². The Morgan fingerprint density at radius 3 is 2.11 bits per heavy atom. The van der Waals surface area contributed by atoms with Gasteiger partial charge >= 0.3 is 0 Å². The van der Waals surface area contributed by atoms with E-state index in [9.17, 15) is 14.4 Å². The number of carbonyl (C=O) groups excluding carboxylic acids is 3. The smallest absolute Gasteiger partial charge is 0.211 e. The summed E-state index contributed by atoms with van der Waals surface area (Å²) in [6.45, 7) is 0. The molecule has 0 saturated carbocycles. The van der Waals surface area contributed by atoms with Crippen LogP contribution in [-0.4, -0.2) is 18.2 Å². The highest BCUT2D eigenvalue weighted by atomic mass is 16.1. The Hall–Kier alpha value is -3.16. The second kappa shape index (κ2) is 5.45. The van der Waals surface area contributed by atoms with Gasteiger partial charge in [-0.3, -0.25) is 0 Å². The van der Waals surface area contributed by atoms with Crippen molar-refractivity contribution in [2.24, 2.45) is 15.0 Å². The normalized spacial score (nSPS) is 9.05. The third-order valence-corrected chi connectivity index (χ3v) is 2.42. The van der Waals surface area contributed by atoms with E-state index in [1.54, 1.807) is 24.3 Å². The Labute approximate surface area is 106 Å². The van der Waals surface area contributed by atoms with Crippen molar-refractivity contribution in [3.63, 3.8) is 0 Å². The topological polar surface area (TPSA) is 88.3 Å². The molecule has 6 nitrogen and oxygen atoms in total. The molecule has 0 bridgehead atoms. The van der Waals surface area contributed by atoms with Gasteiger partial charge in [0.25, 0.3) is 0 Å². The van der Waals surface area contributed by atoms with Crippen molar-refractivity contribution in [3.05, 3.63) is 30.3 Å². The Kier molecular flexibility index (Phi) is 3.53. The van der Waals surface area contributed by atoms with E-state index in [0.717, 1.165) is 0 Å². The Morgan fingerprint density at radius 1 is 0.737 bits per heavy atom. The molecule has 19 heavy (non-hydrogen) atoms. The van der Waals surface area contributed by atoms with Crippen molar-refractivity contribution in [3.8, 4) is 0 Å². The van der Waals surface area contributed by atoms with Crippen molar-refractivity contribution < 1.29 is 14.4 Å². The number of benzene rings is 2. The fourth-order valence-electron chi connectivity index (χ4n) is 1.69. The first-order valence-corrected chi connectivity index (χ1v) is 5.10. The van der Waals surface area contributed by atoms with Gasteiger partial charge in [0.1, 0.15) is 0 Å². The molecule has 0 fully saturated rings. The van der Waals surface area contributed by atoms with Gasteiger partial charge in [-0.05, 0) is 29.7 Å². The molecule has 0 aliphatic rings. The molecular formula is C13H5N3O3. The summed E-state index contributed by atoms with van der Waals surface area (Å²) in [6.07, 6.45) is 4.27. The molecule has 2 aromatic carbocycles. The van der Waals surface area contributed by atoms with Gasteiger partial charge in [0, 0.05) is 5.39 Å². The molecule has 0 unspecified atom stereocenters. The van der Waals surface area contributed by atoms with Crippen LogP contribution in [0, 0.1) is 0 Å². The van der Waals surface area contributed by atoms with Crippen molar-refractivity contribution in [1.82, 2.24) is 0 Å². The van der Waals surface area contributed by atoms with Crippen LogP contribution in [0.15, 0.2) is 45.3 Å². The highest BCUT2D eigenvalue weighted by Crippen LogP contribution is 2.33. The number of hydrogen-bond donors (Lipinski definition) is 0. The number of fused-ring (bicyclic) bond motifs is 1. The molecule has 90 valence electrons. The number of nitrogens with zero attached hydrogens (tertiary/aromatic N) is 3. The third-order valence-electron chi connectivity index (χ3n) is 2.42. The van der Waals surface area contributed by atoms with Crippen LogP contribution in [-0.2, 0) is 14.4 Å². The van der Waals surface area contributed by atoms with E-state index in [4.69, 9.17) is 0 Å². The average molecular weight is 251 g/mol. The van der Waals surface area contributed by atoms with Gasteiger partial charge < -0.3 is 0 Å². The summed E-state index contributed by atoms with van der Waals surface area (Å²) in [7, 11) is 0. The summed E-state index contributed by atoms with van der Waals surface area (Å²) >= 11 is 0. The monoisotopic (exact) mass is 251 g/mol. The maximum absolute atomic E-state index is 10.4. The molecule has 0 spiro atoms. The quantitative estimate of drug-likeness (QED) is 0.620. The third kappa shape index (κ3) is 2.57. The van der Waals surface area contributed by atoms with Crippen LogP contribution in [0.2, 0.25) is 0 Å². The fraction of sp³-hybridized carbons (Fsp3) is 0. The largest absolute Gasteiger partial charge is 0.240 e. The molecule has 0 aliphatic carbocycles. The van der Waals surface area contributed by atoms with E-state index < -0.39 is 0 Å². The van der Waals surface area contributed by atoms with E-state index in [2.05, 4.69) is 15.0 Å². The predicted molar refractivity (Wildman–Crippen MR) is 67.3 cm³/mol. The summed E-state index contributed by atoms with van der Waals surface area (Å²) in [5, 5.41) is 1.28. The maximum atomic E-state index is 10.4. The van der Waals surface area contributed by atoms with Crippen LogP contribution in [0.3, 0.4) is 0 Å². The van der Waals surface area contributed by atoms with E-state index >= 15 is 0 Å². The first-order valence-electron chi connectivity index (χ1n) is 5.10. The lowest BCUT2D eigenvalue weighted by molar-refractivity contribution is 0.564. The standard InChI is InChI=1S/C13H5N3O3/c17-6-14-10-2-1-9-3-11(15-7-18)5-13(16-8-19)12(9)4-10/h1-5H. The Morgan fingerprint density at radius 2 is 1.42 bits per heavy atom. The number of isocyanates is 3. The summed E-state index contributed by atoms with van der Waals surface area (Å²) in [5.41, 5.74) is 0.990. The van der Waals surface area contributed by atoms with E-state index in [1.807, 2.05) is 0 Å². The van der Waals surface area contributed by atoms with Gasteiger partial charge in [-0.1, -0.05) is 6.07 Å². The van der Waals surface area contributed by atoms with Crippen LogP contribution in [0.1, 0.15) is 0 Å². The van der Waals surface area contributed by atoms with Gasteiger partial charge in [-0.25, -0.2) is 14.4 Å². The summed E-state index contributed by atoms with van der Waals surface area (Å²) in [5.74, 6) is 0. The average Bonchev–Trinajstić information content (AvgIpc) is 2.40. The molecule has 0 N–H and O–H groups in total. The van der Waals surface area contributed by atoms with Gasteiger partial charge in [-0.2, -0.15) is 15.0 Å². The van der Waals surface area contributed by atoms with Crippen LogP contribution < -0.4 is 0 Å². The molecule has 2 rings (SSSR count). The minimum Gasteiger partial charge on any atom is -0.211 e. The zero-order valence-electron chi connectivity index (χ0n) is 9.45. The number of aliphatic imine (C=N–C) groups is 3. The maximum Gasteiger partial charge on any atom is 0.240 e. The van der Waals surface area contributed by atoms with Crippen LogP contribution >= 0.6 is 0 Å². The second-order valence-electron chi connectivity index (χ2n) is 3.48. The van der Waals surface area contributed by atoms with Crippen molar-refractivity contribution in [2.75, 3.05) is 0 Å². The zero-order valence-corrected chi connectivity index (χ0v) is 9.45.